The number of benzene rings is 1. The van der Waals surface area contributed by atoms with E-state index in [1.165, 1.54) is 6.07 Å². The fraction of sp³-hybridized carbons (Fsp3) is 0.231. The Morgan fingerprint density at radius 2 is 2.00 bits per heavy atom. The van der Waals surface area contributed by atoms with E-state index in [0.29, 0.717) is 22.9 Å². The lowest BCUT2D eigenvalue weighted by Gasteiger charge is -2.11. The first-order chi connectivity index (χ1) is 8.86. The predicted molar refractivity (Wildman–Crippen MR) is 70.4 cm³/mol. The molecule has 1 aromatic rings. The number of alkyl halides is 3. The Morgan fingerprint density at radius 1 is 1.26 bits per heavy atom. The zero-order valence-electron chi connectivity index (χ0n) is 10.0. The molecule has 1 aliphatic rings. The van der Waals surface area contributed by atoms with Crippen LogP contribution in [0.15, 0.2) is 40.0 Å². The zero-order valence-corrected chi connectivity index (χ0v) is 10.8. The lowest BCUT2D eigenvalue weighted by molar-refractivity contribution is -0.137. The van der Waals surface area contributed by atoms with Gasteiger partial charge in [-0.2, -0.15) is 18.3 Å². The van der Waals surface area contributed by atoms with Crippen molar-refractivity contribution in [2.45, 2.75) is 19.5 Å². The quantitative estimate of drug-likeness (QED) is 0.726. The predicted octanol–water partition coefficient (Wildman–Crippen LogP) is 4.51. The molecule has 0 saturated carbocycles. The van der Waals surface area contributed by atoms with Gasteiger partial charge in [-0.15, -0.1) is 5.10 Å². The summed E-state index contributed by atoms with van der Waals surface area (Å²) in [5.41, 5.74) is 1.21. The first-order valence-corrected chi connectivity index (χ1v) is 5.89. The van der Waals surface area contributed by atoms with Gasteiger partial charge in [0, 0.05) is 6.42 Å². The van der Waals surface area contributed by atoms with Gasteiger partial charge in [0.15, 0.2) is 0 Å². The number of nitrogens with zero attached hydrogens (tertiary/aromatic N) is 2. The van der Waals surface area contributed by atoms with Gasteiger partial charge in [0.25, 0.3) is 0 Å². The highest BCUT2D eigenvalue weighted by Crippen LogP contribution is 2.30. The van der Waals surface area contributed by atoms with Crippen molar-refractivity contribution in [3.05, 3.63) is 41.0 Å². The van der Waals surface area contributed by atoms with Crippen LogP contribution < -0.4 is 0 Å². The summed E-state index contributed by atoms with van der Waals surface area (Å²) in [5.74, 6) is 0. The van der Waals surface area contributed by atoms with Crippen molar-refractivity contribution in [2.75, 3.05) is 0 Å². The van der Waals surface area contributed by atoms with Gasteiger partial charge in [-0.1, -0.05) is 23.7 Å². The van der Waals surface area contributed by atoms with Gasteiger partial charge in [0.1, 0.15) is 5.17 Å². The number of hydrogen-bond acceptors (Lipinski definition) is 2. The number of halogens is 4. The summed E-state index contributed by atoms with van der Waals surface area (Å²) in [6.45, 7) is 1.74. The van der Waals surface area contributed by atoms with Crippen LogP contribution in [-0.2, 0) is 6.18 Å². The van der Waals surface area contributed by atoms with Crippen LogP contribution in [0.2, 0.25) is 0 Å². The molecular weight excluding hydrogens is 277 g/mol. The maximum absolute atomic E-state index is 12.6. The molecule has 0 amide bonds. The molecule has 0 aliphatic carbocycles. The lowest BCUT2D eigenvalue weighted by atomic mass is 10.0. The van der Waals surface area contributed by atoms with Crippen LogP contribution in [0, 0.1) is 0 Å². The number of rotatable bonds is 1. The summed E-state index contributed by atoms with van der Waals surface area (Å²) in [5, 5.41) is 7.87. The van der Waals surface area contributed by atoms with E-state index in [4.69, 9.17) is 11.6 Å². The third-order valence-electron chi connectivity index (χ3n) is 2.66. The van der Waals surface area contributed by atoms with Crippen molar-refractivity contribution in [3.8, 4) is 0 Å². The molecule has 0 radical (unpaired) electrons. The average Bonchev–Trinajstić information content (AvgIpc) is 2.33. The normalized spacial score (nSPS) is 18.3. The van der Waals surface area contributed by atoms with Crippen LogP contribution in [0.5, 0.6) is 0 Å². The maximum Gasteiger partial charge on any atom is 0.416 e. The highest BCUT2D eigenvalue weighted by Gasteiger charge is 2.30. The van der Waals surface area contributed by atoms with Crippen LogP contribution >= 0.6 is 11.6 Å². The van der Waals surface area contributed by atoms with Crippen LogP contribution in [0.4, 0.5) is 13.2 Å². The topological polar surface area (TPSA) is 24.7 Å². The third kappa shape index (κ3) is 3.44. The van der Waals surface area contributed by atoms with Gasteiger partial charge < -0.3 is 0 Å². The molecule has 0 N–H and O–H groups in total. The highest BCUT2D eigenvalue weighted by atomic mass is 35.5. The van der Waals surface area contributed by atoms with Gasteiger partial charge >= 0.3 is 6.18 Å². The summed E-state index contributed by atoms with van der Waals surface area (Å²) in [7, 11) is 0. The Balaban J connectivity index is 2.34. The van der Waals surface area contributed by atoms with Crippen molar-refractivity contribution in [1.82, 2.24) is 0 Å². The molecule has 100 valence electrons. The Bertz CT molecular complexity index is 586. The van der Waals surface area contributed by atoms with Crippen molar-refractivity contribution >= 4 is 28.6 Å². The summed E-state index contributed by atoms with van der Waals surface area (Å²) in [4.78, 5) is 0. The van der Waals surface area contributed by atoms with E-state index in [0.717, 1.165) is 17.7 Å². The van der Waals surface area contributed by atoms with E-state index >= 15 is 0 Å². The SMILES string of the molecule is CC1=NN=C(Cl)C/C1=C\c1cccc(C(F)(F)F)c1. The van der Waals surface area contributed by atoms with E-state index in [1.54, 1.807) is 19.1 Å². The van der Waals surface area contributed by atoms with Crippen LogP contribution in [0.1, 0.15) is 24.5 Å². The van der Waals surface area contributed by atoms with Crippen molar-refractivity contribution in [2.24, 2.45) is 10.2 Å². The molecule has 0 fully saturated rings. The average molecular weight is 287 g/mol. The molecule has 0 aromatic heterocycles. The molecule has 0 saturated heterocycles. The molecular formula is C13H10ClF3N2. The van der Waals surface area contributed by atoms with Gasteiger partial charge in [0.2, 0.25) is 0 Å². The first-order valence-electron chi connectivity index (χ1n) is 5.51. The molecule has 1 heterocycles. The molecule has 1 aromatic carbocycles. The zero-order chi connectivity index (χ0) is 14.0. The van der Waals surface area contributed by atoms with E-state index < -0.39 is 11.7 Å². The molecule has 0 bridgehead atoms. The fourth-order valence-corrected chi connectivity index (χ4v) is 1.86. The minimum Gasteiger partial charge on any atom is -0.166 e. The first kappa shape index (κ1) is 13.8. The van der Waals surface area contributed by atoms with Crippen LogP contribution in [-0.4, -0.2) is 10.9 Å². The Morgan fingerprint density at radius 3 is 2.68 bits per heavy atom. The van der Waals surface area contributed by atoms with E-state index in [-0.39, 0.29) is 0 Å². The Labute approximate surface area is 113 Å². The van der Waals surface area contributed by atoms with E-state index in [1.807, 2.05) is 0 Å². The third-order valence-corrected chi connectivity index (χ3v) is 2.87. The Hall–Kier alpha value is -1.62. The molecule has 6 heteroatoms. The van der Waals surface area contributed by atoms with Crippen molar-refractivity contribution < 1.29 is 13.2 Å². The van der Waals surface area contributed by atoms with Crippen LogP contribution in [0.3, 0.4) is 0 Å². The monoisotopic (exact) mass is 286 g/mol. The Kier molecular flexibility index (Phi) is 3.75. The number of allylic oxidation sites excluding steroid dienone is 1. The molecule has 1 aliphatic heterocycles. The molecule has 0 unspecified atom stereocenters. The lowest BCUT2D eigenvalue weighted by Crippen LogP contribution is -2.07. The second kappa shape index (κ2) is 5.17. The molecule has 2 rings (SSSR count). The summed E-state index contributed by atoms with van der Waals surface area (Å²) >= 11 is 5.77. The van der Waals surface area contributed by atoms with Crippen molar-refractivity contribution in [1.29, 1.82) is 0 Å². The largest absolute Gasteiger partial charge is 0.416 e. The number of hydrogen-bond donors (Lipinski definition) is 0. The van der Waals surface area contributed by atoms with Gasteiger partial charge in [-0.25, -0.2) is 0 Å². The maximum atomic E-state index is 12.6. The summed E-state index contributed by atoms with van der Waals surface area (Å²) < 4.78 is 37.8. The van der Waals surface area contributed by atoms with Gasteiger partial charge in [0.05, 0.1) is 11.3 Å². The standard InChI is InChI=1S/C13H10ClF3N2/c1-8-10(7-12(14)19-18-8)5-9-3-2-4-11(6-9)13(15,16)17/h2-6H,7H2,1H3/b10-5+. The van der Waals surface area contributed by atoms with Crippen molar-refractivity contribution in [3.63, 3.8) is 0 Å². The van der Waals surface area contributed by atoms with Crippen LogP contribution in [0.25, 0.3) is 6.08 Å². The van der Waals surface area contributed by atoms with E-state index in [9.17, 15) is 13.2 Å². The molecule has 0 spiro atoms. The fourth-order valence-electron chi connectivity index (χ4n) is 1.68. The molecule has 2 nitrogen and oxygen atoms in total. The van der Waals surface area contributed by atoms with E-state index in [2.05, 4.69) is 10.2 Å². The highest BCUT2D eigenvalue weighted by molar-refractivity contribution is 6.66. The summed E-state index contributed by atoms with van der Waals surface area (Å²) in [6.07, 6.45) is -2.32. The second-order valence-corrected chi connectivity index (χ2v) is 4.57. The smallest absolute Gasteiger partial charge is 0.166 e. The molecule has 0 atom stereocenters. The minimum absolute atomic E-state index is 0.323. The van der Waals surface area contributed by atoms with Gasteiger partial charge in [-0.3, -0.25) is 0 Å². The second-order valence-electron chi connectivity index (χ2n) is 4.13. The summed E-state index contributed by atoms with van der Waals surface area (Å²) in [6, 6.07) is 5.12. The molecule has 19 heavy (non-hydrogen) atoms. The minimum atomic E-state index is -4.34. The van der Waals surface area contributed by atoms with Gasteiger partial charge in [-0.05, 0) is 36.3 Å².